The van der Waals surface area contributed by atoms with Crippen molar-refractivity contribution in [1.29, 1.82) is 0 Å². The summed E-state index contributed by atoms with van der Waals surface area (Å²) in [6.45, 7) is 3.76. The second-order valence-electron chi connectivity index (χ2n) is 4.87. The lowest BCUT2D eigenvalue weighted by Crippen LogP contribution is -2.40. The molecule has 1 aliphatic rings. The molecule has 1 saturated heterocycles. The first-order valence-corrected chi connectivity index (χ1v) is 7.14. The molecule has 0 aromatic heterocycles. The van der Waals surface area contributed by atoms with Crippen molar-refractivity contribution in [3.63, 3.8) is 0 Å². The van der Waals surface area contributed by atoms with Gasteiger partial charge in [-0.25, -0.2) is 0 Å². The zero-order chi connectivity index (χ0) is 13.1. The molecule has 0 bridgehead atoms. The van der Waals surface area contributed by atoms with Crippen LogP contribution in [0.1, 0.15) is 28.8 Å². The van der Waals surface area contributed by atoms with Gasteiger partial charge in [-0.3, -0.25) is 4.79 Å². The highest BCUT2D eigenvalue weighted by Gasteiger charge is 2.28. The monoisotopic (exact) mass is 346 g/mol. The lowest BCUT2D eigenvalue weighted by Gasteiger charge is -2.24. The Hall–Kier alpha value is -0.580. The topological polar surface area (TPSA) is 32.3 Å². The van der Waals surface area contributed by atoms with Crippen molar-refractivity contribution >= 4 is 34.2 Å². The number of carbonyl (C=O) groups excluding carboxylic acids is 1. The Kier molecular flexibility index (Phi) is 6.30. The van der Waals surface area contributed by atoms with Gasteiger partial charge in [0.05, 0.1) is 0 Å². The molecule has 1 aromatic carbocycles. The molecule has 5 heteroatoms. The summed E-state index contributed by atoms with van der Waals surface area (Å²) in [4.78, 5) is 14.5. The molecule has 1 amide bonds. The Bertz CT molecular complexity index is 433. The number of benzene rings is 1. The van der Waals surface area contributed by atoms with Gasteiger partial charge in [0.2, 0.25) is 0 Å². The van der Waals surface area contributed by atoms with Crippen molar-refractivity contribution in [2.45, 2.75) is 25.8 Å². The third-order valence-corrected chi connectivity index (χ3v) is 3.82. The SMILES string of the molecule is CNCC1CCCN1C(=O)c1cc(C)cc(Br)c1.Cl. The first kappa shape index (κ1) is 16.5. The summed E-state index contributed by atoms with van der Waals surface area (Å²) in [5.74, 6) is 0.150. The number of likely N-dealkylation sites (tertiary alicyclic amines) is 1. The lowest BCUT2D eigenvalue weighted by molar-refractivity contribution is 0.0737. The van der Waals surface area contributed by atoms with E-state index in [2.05, 4.69) is 21.2 Å². The van der Waals surface area contributed by atoms with Crippen LogP contribution in [0.5, 0.6) is 0 Å². The maximum Gasteiger partial charge on any atom is 0.254 e. The summed E-state index contributed by atoms with van der Waals surface area (Å²) in [6, 6.07) is 6.22. The quantitative estimate of drug-likeness (QED) is 0.911. The van der Waals surface area contributed by atoms with Crippen LogP contribution in [0.15, 0.2) is 22.7 Å². The first-order valence-electron chi connectivity index (χ1n) is 6.34. The minimum absolute atomic E-state index is 0. The number of carbonyl (C=O) groups is 1. The smallest absolute Gasteiger partial charge is 0.254 e. The van der Waals surface area contributed by atoms with E-state index >= 15 is 0 Å². The molecule has 0 radical (unpaired) electrons. The summed E-state index contributed by atoms with van der Waals surface area (Å²) in [5.41, 5.74) is 1.89. The Morgan fingerprint density at radius 1 is 1.47 bits per heavy atom. The van der Waals surface area contributed by atoms with Crippen LogP contribution >= 0.6 is 28.3 Å². The average molecular weight is 348 g/mol. The van der Waals surface area contributed by atoms with Crippen LogP contribution in [-0.4, -0.2) is 37.0 Å². The van der Waals surface area contributed by atoms with Crippen LogP contribution in [0.4, 0.5) is 0 Å². The number of amides is 1. The summed E-state index contributed by atoms with van der Waals surface area (Å²) in [7, 11) is 1.93. The molecule has 0 spiro atoms. The number of hydrogen-bond acceptors (Lipinski definition) is 2. The van der Waals surface area contributed by atoms with Gasteiger partial charge in [-0.2, -0.15) is 0 Å². The highest BCUT2D eigenvalue weighted by atomic mass is 79.9. The van der Waals surface area contributed by atoms with E-state index in [4.69, 9.17) is 0 Å². The number of aryl methyl sites for hydroxylation is 1. The number of halogens is 2. The third kappa shape index (κ3) is 3.94. The van der Waals surface area contributed by atoms with Crippen molar-refractivity contribution in [3.05, 3.63) is 33.8 Å². The van der Waals surface area contributed by atoms with Gasteiger partial charge in [0.1, 0.15) is 0 Å². The third-order valence-electron chi connectivity index (χ3n) is 3.37. The van der Waals surface area contributed by atoms with Crippen LogP contribution in [0.3, 0.4) is 0 Å². The van der Waals surface area contributed by atoms with E-state index in [1.165, 1.54) is 0 Å². The molecule has 1 atom stereocenters. The molecule has 0 aliphatic carbocycles. The highest BCUT2D eigenvalue weighted by Crippen LogP contribution is 2.22. The van der Waals surface area contributed by atoms with E-state index in [0.717, 1.165) is 41.5 Å². The van der Waals surface area contributed by atoms with E-state index < -0.39 is 0 Å². The van der Waals surface area contributed by atoms with Crippen molar-refractivity contribution in [3.8, 4) is 0 Å². The van der Waals surface area contributed by atoms with E-state index in [1.54, 1.807) is 0 Å². The van der Waals surface area contributed by atoms with Gasteiger partial charge in [-0.15, -0.1) is 12.4 Å². The summed E-state index contributed by atoms with van der Waals surface area (Å²) >= 11 is 3.45. The second-order valence-corrected chi connectivity index (χ2v) is 5.79. The maximum atomic E-state index is 12.5. The predicted octanol–water partition coefficient (Wildman–Crippen LogP) is 3.00. The molecule has 3 nitrogen and oxygen atoms in total. The molecule has 1 aliphatic heterocycles. The molecule has 0 saturated carbocycles. The Morgan fingerprint density at radius 3 is 2.84 bits per heavy atom. The largest absolute Gasteiger partial charge is 0.334 e. The zero-order valence-electron chi connectivity index (χ0n) is 11.3. The van der Waals surface area contributed by atoms with Crippen LogP contribution in [0, 0.1) is 6.92 Å². The van der Waals surface area contributed by atoms with E-state index in [0.29, 0.717) is 6.04 Å². The fourth-order valence-corrected chi connectivity index (χ4v) is 3.18. The van der Waals surface area contributed by atoms with Crippen LogP contribution in [-0.2, 0) is 0 Å². The van der Waals surface area contributed by atoms with Gasteiger partial charge in [0.25, 0.3) is 5.91 Å². The minimum atomic E-state index is 0. The molecule has 2 rings (SSSR count). The number of rotatable bonds is 3. The van der Waals surface area contributed by atoms with E-state index in [-0.39, 0.29) is 18.3 Å². The minimum Gasteiger partial charge on any atom is -0.334 e. The number of nitrogens with zero attached hydrogens (tertiary/aromatic N) is 1. The molecule has 1 N–H and O–H groups in total. The first-order chi connectivity index (χ1) is 8.61. The molecule has 1 aromatic rings. The second kappa shape index (κ2) is 7.27. The normalized spacial score (nSPS) is 18.3. The summed E-state index contributed by atoms with van der Waals surface area (Å²) in [5, 5.41) is 3.17. The average Bonchev–Trinajstić information content (AvgIpc) is 2.75. The van der Waals surface area contributed by atoms with E-state index in [1.807, 2.05) is 37.1 Å². The van der Waals surface area contributed by atoms with Gasteiger partial charge < -0.3 is 10.2 Å². The van der Waals surface area contributed by atoms with Gasteiger partial charge in [0.15, 0.2) is 0 Å². The number of hydrogen-bond donors (Lipinski definition) is 1. The van der Waals surface area contributed by atoms with Gasteiger partial charge in [0, 0.05) is 29.2 Å². The molecular weight excluding hydrogens is 328 g/mol. The maximum absolute atomic E-state index is 12.5. The standard InChI is InChI=1S/C14H19BrN2O.ClH/c1-10-6-11(8-12(15)7-10)14(18)17-5-3-4-13(17)9-16-2;/h6-8,13,16H,3-5,9H2,1-2H3;1H. The highest BCUT2D eigenvalue weighted by molar-refractivity contribution is 9.10. The predicted molar refractivity (Wildman–Crippen MR) is 84.1 cm³/mol. The number of nitrogens with one attached hydrogen (secondary N) is 1. The zero-order valence-corrected chi connectivity index (χ0v) is 13.7. The van der Waals surface area contributed by atoms with E-state index in [9.17, 15) is 4.79 Å². The number of likely N-dealkylation sites (N-methyl/N-ethyl adjacent to an activating group) is 1. The van der Waals surface area contributed by atoms with Crippen molar-refractivity contribution in [2.24, 2.45) is 0 Å². The van der Waals surface area contributed by atoms with Crippen molar-refractivity contribution < 1.29 is 4.79 Å². The van der Waals surface area contributed by atoms with Crippen molar-refractivity contribution in [2.75, 3.05) is 20.1 Å². The Labute approximate surface area is 129 Å². The Morgan fingerprint density at radius 2 is 2.21 bits per heavy atom. The lowest BCUT2D eigenvalue weighted by atomic mass is 10.1. The summed E-state index contributed by atoms with van der Waals surface area (Å²) < 4.78 is 0.968. The van der Waals surface area contributed by atoms with Gasteiger partial charge >= 0.3 is 0 Å². The summed E-state index contributed by atoms with van der Waals surface area (Å²) in [6.07, 6.45) is 2.20. The Balaban J connectivity index is 0.00000180. The van der Waals surface area contributed by atoms with Crippen molar-refractivity contribution in [1.82, 2.24) is 10.2 Å². The molecule has 1 fully saturated rings. The molecule has 19 heavy (non-hydrogen) atoms. The van der Waals surface area contributed by atoms with Gasteiger partial charge in [-0.05, 0) is 50.6 Å². The molecule has 1 unspecified atom stereocenters. The van der Waals surface area contributed by atoms with Crippen LogP contribution in [0.2, 0.25) is 0 Å². The van der Waals surface area contributed by atoms with Crippen LogP contribution < -0.4 is 5.32 Å². The van der Waals surface area contributed by atoms with Crippen LogP contribution in [0.25, 0.3) is 0 Å². The molecule has 1 heterocycles. The fourth-order valence-electron chi connectivity index (χ4n) is 2.58. The molecular formula is C14H20BrClN2O. The fraction of sp³-hybridized carbons (Fsp3) is 0.500. The molecule has 106 valence electrons. The van der Waals surface area contributed by atoms with Gasteiger partial charge in [-0.1, -0.05) is 15.9 Å².